The smallest absolute Gasteiger partial charge is 0.331 e. The van der Waals surface area contributed by atoms with E-state index in [0.717, 1.165) is 25.9 Å². The van der Waals surface area contributed by atoms with Crippen LogP contribution in [0.3, 0.4) is 0 Å². The number of carboxylic acids is 2. The van der Waals surface area contributed by atoms with E-state index in [1.54, 1.807) is 5.01 Å². The standard InChI is InChI=1S/C9H10O4.C5H10N2O/c1-9(8(12)13)4-2-3-6(5-9)7(10)11;8-6-7-4-2-1-3-5-7/h2-4H,5H2,1H3,(H,10,11)(H,12,13);1-5H2. The van der Waals surface area contributed by atoms with Gasteiger partial charge < -0.3 is 10.2 Å². The molecule has 1 fully saturated rings. The van der Waals surface area contributed by atoms with Crippen LogP contribution in [0.25, 0.3) is 0 Å². The SMILES string of the molecule is CC1(C(=O)O)C=CC=C(C(=O)O)C1.O=NN1CCCCC1. The van der Waals surface area contributed by atoms with Gasteiger partial charge in [-0.2, -0.15) is 0 Å². The molecule has 0 aromatic rings. The first-order chi connectivity index (χ1) is 9.89. The van der Waals surface area contributed by atoms with E-state index >= 15 is 0 Å². The molecular weight excluding hydrogens is 276 g/mol. The molecule has 21 heavy (non-hydrogen) atoms. The Morgan fingerprint density at radius 2 is 1.86 bits per heavy atom. The van der Waals surface area contributed by atoms with Gasteiger partial charge in [0.15, 0.2) is 0 Å². The van der Waals surface area contributed by atoms with E-state index in [9.17, 15) is 14.5 Å². The Balaban J connectivity index is 0.000000235. The molecule has 0 spiro atoms. The first-order valence-electron chi connectivity index (χ1n) is 6.82. The fourth-order valence-electron chi connectivity index (χ4n) is 2.14. The molecule has 1 heterocycles. The number of hydrogen-bond acceptors (Lipinski definition) is 4. The maximum absolute atomic E-state index is 10.8. The van der Waals surface area contributed by atoms with Crippen LogP contribution in [0.1, 0.15) is 32.6 Å². The summed E-state index contributed by atoms with van der Waals surface area (Å²) < 4.78 is 0. The molecule has 1 aliphatic heterocycles. The van der Waals surface area contributed by atoms with Crippen LogP contribution < -0.4 is 0 Å². The van der Waals surface area contributed by atoms with Crippen molar-refractivity contribution in [1.29, 1.82) is 0 Å². The highest BCUT2D eigenvalue weighted by Gasteiger charge is 2.34. The summed E-state index contributed by atoms with van der Waals surface area (Å²) in [5, 5.41) is 21.9. The van der Waals surface area contributed by atoms with E-state index in [0.29, 0.717) is 0 Å². The molecule has 0 bridgehead atoms. The van der Waals surface area contributed by atoms with Gasteiger partial charge in [-0.05, 0) is 32.6 Å². The number of carbonyl (C=O) groups is 2. The Bertz CT molecular complexity index is 466. The van der Waals surface area contributed by atoms with Gasteiger partial charge in [-0.3, -0.25) is 9.80 Å². The molecule has 7 heteroatoms. The van der Waals surface area contributed by atoms with Gasteiger partial charge in [-0.25, -0.2) is 4.79 Å². The van der Waals surface area contributed by atoms with E-state index < -0.39 is 17.4 Å². The van der Waals surface area contributed by atoms with Crippen LogP contribution in [0.4, 0.5) is 0 Å². The van der Waals surface area contributed by atoms with Crippen molar-refractivity contribution in [2.75, 3.05) is 13.1 Å². The summed E-state index contributed by atoms with van der Waals surface area (Å²) in [6, 6.07) is 0. The number of rotatable bonds is 3. The zero-order valence-corrected chi connectivity index (χ0v) is 12.0. The second-order valence-electron chi connectivity index (χ2n) is 5.35. The molecule has 1 aliphatic carbocycles. The van der Waals surface area contributed by atoms with Crippen molar-refractivity contribution in [3.8, 4) is 0 Å². The molecule has 2 N–H and O–H groups in total. The minimum Gasteiger partial charge on any atom is -0.481 e. The van der Waals surface area contributed by atoms with Crippen molar-refractivity contribution in [3.05, 3.63) is 28.7 Å². The fourth-order valence-corrected chi connectivity index (χ4v) is 2.14. The van der Waals surface area contributed by atoms with Crippen molar-refractivity contribution < 1.29 is 19.8 Å². The summed E-state index contributed by atoms with van der Waals surface area (Å²) in [5.74, 6) is -2.06. The average Bonchev–Trinajstić information content (AvgIpc) is 2.48. The zero-order valence-electron chi connectivity index (χ0n) is 12.0. The first kappa shape index (κ1) is 16.9. The molecular formula is C14H20N2O5. The summed E-state index contributed by atoms with van der Waals surface area (Å²) >= 11 is 0. The molecule has 2 rings (SSSR count). The molecule has 7 nitrogen and oxygen atoms in total. The first-order valence-corrected chi connectivity index (χ1v) is 6.82. The van der Waals surface area contributed by atoms with Gasteiger partial charge in [-0.1, -0.05) is 18.2 Å². The molecule has 0 amide bonds. The summed E-state index contributed by atoms with van der Waals surface area (Å²) in [4.78, 5) is 31.2. The van der Waals surface area contributed by atoms with Crippen LogP contribution >= 0.6 is 0 Å². The minimum atomic E-state index is -1.08. The molecule has 0 saturated carbocycles. The van der Waals surface area contributed by atoms with E-state index in [2.05, 4.69) is 5.29 Å². The predicted octanol–water partition coefficient (Wildman–Crippen LogP) is 2.20. The number of aliphatic carboxylic acids is 2. The molecule has 0 aromatic heterocycles. The van der Waals surface area contributed by atoms with Crippen molar-refractivity contribution in [2.45, 2.75) is 32.6 Å². The fraction of sp³-hybridized carbons (Fsp3) is 0.571. The topological polar surface area (TPSA) is 107 Å². The number of piperidine rings is 1. The third-order valence-corrected chi connectivity index (χ3v) is 3.53. The average molecular weight is 296 g/mol. The maximum Gasteiger partial charge on any atom is 0.331 e. The predicted molar refractivity (Wildman–Crippen MR) is 76.4 cm³/mol. The van der Waals surface area contributed by atoms with Gasteiger partial charge in [0.05, 0.1) is 10.7 Å². The van der Waals surface area contributed by atoms with Crippen molar-refractivity contribution in [3.63, 3.8) is 0 Å². The molecule has 116 valence electrons. The minimum absolute atomic E-state index is 0.0359. The van der Waals surface area contributed by atoms with Gasteiger partial charge in [-0.15, -0.1) is 4.91 Å². The van der Waals surface area contributed by atoms with Gasteiger partial charge in [0.25, 0.3) is 0 Å². The highest BCUT2D eigenvalue weighted by atomic mass is 16.4. The number of nitrogens with zero attached hydrogens (tertiary/aromatic N) is 2. The Morgan fingerprint density at radius 3 is 2.29 bits per heavy atom. The Kier molecular flexibility index (Phi) is 6.08. The van der Waals surface area contributed by atoms with Crippen LogP contribution in [0, 0.1) is 10.3 Å². The highest BCUT2D eigenvalue weighted by molar-refractivity contribution is 5.90. The highest BCUT2D eigenvalue weighted by Crippen LogP contribution is 2.31. The Morgan fingerprint density at radius 1 is 1.24 bits per heavy atom. The van der Waals surface area contributed by atoms with Crippen molar-refractivity contribution in [2.24, 2.45) is 10.7 Å². The quantitative estimate of drug-likeness (QED) is 0.773. The van der Waals surface area contributed by atoms with Crippen LogP contribution in [0.15, 0.2) is 29.1 Å². The van der Waals surface area contributed by atoms with Crippen LogP contribution in [-0.2, 0) is 9.59 Å². The van der Waals surface area contributed by atoms with E-state index in [1.165, 1.54) is 31.6 Å². The zero-order chi connectivity index (χ0) is 15.9. The molecule has 2 aliphatic rings. The molecule has 1 saturated heterocycles. The monoisotopic (exact) mass is 296 g/mol. The lowest BCUT2D eigenvalue weighted by Gasteiger charge is -2.23. The Hall–Kier alpha value is -2.18. The summed E-state index contributed by atoms with van der Waals surface area (Å²) in [7, 11) is 0. The van der Waals surface area contributed by atoms with E-state index in [1.807, 2.05) is 0 Å². The van der Waals surface area contributed by atoms with Crippen LogP contribution in [0.5, 0.6) is 0 Å². The van der Waals surface area contributed by atoms with E-state index in [4.69, 9.17) is 10.2 Å². The Labute approximate surface area is 122 Å². The van der Waals surface area contributed by atoms with Crippen LogP contribution in [0.2, 0.25) is 0 Å². The lowest BCUT2D eigenvalue weighted by atomic mass is 9.80. The molecule has 0 aromatic carbocycles. The number of allylic oxidation sites excluding steroid dienone is 2. The van der Waals surface area contributed by atoms with Gasteiger partial charge in [0, 0.05) is 18.7 Å². The maximum atomic E-state index is 10.8. The third kappa shape index (κ3) is 5.02. The summed E-state index contributed by atoms with van der Waals surface area (Å²) in [5.41, 5.74) is -0.949. The molecule has 1 unspecified atom stereocenters. The molecule has 1 atom stereocenters. The van der Waals surface area contributed by atoms with Gasteiger partial charge in [0.2, 0.25) is 0 Å². The summed E-state index contributed by atoms with van der Waals surface area (Å²) in [6.45, 7) is 3.23. The second-order valence-corrected chi connectivity index (χ2v) is 5.35. The lowest BCUT2D eigenvalue weighted by Crippen LogP contribution is -2.28. The van der Waals surface area contributed by atoms with Crippen molar-refractivity contribution in [1.82, 2.24) is 5.01 Å². The second kappa shape index (κ2) is 7.56. The lowest BCUT2D eigenvalue weighted by molar-refractivity contribution is -0.145. The number of carboxylic acid groups (broad SMARTS) is 2. The van der Waals surface area contributed by atoms with Crippen LogP contribution in [-0.4, -0.2) is 40.3 Å². The molecule has 0 radical (unpaired) electrons. The van der Waals surface area contributed by atoms with E-state index in [-0.39, 0.29) is 12.0 Å². The number of nitroso groups, excluding NO2 is 1. The van der Waals surface area contributed by atoms with Crippen molar-refractivity contribution >= 4 is 11.9 Å². The number of hydrogen-bond donors (Lipinski definition) is 2. The normalized spacial score (nSPS) is 24.4. The third-order valence-electron chi connectivity index (χ3n) is 3.53. The van der Waals surface area contributed by atoms with Gasteiger partial charge >= 0.3 is 11.9 Å². The largest absolute Gasteiger partial charge is 0.481 e. The summed E-state index contributed by atoms with van der Waals surface area (Å²) in [6.07, 6.45) is 7.95. The van der Waals surface area contributed by atoms with Gasteiger partial charge in [0.1, 0.15) is 0 Å².